The van der Waals surface area contributed by atoms with E-state index in [1.165, 1.54) is 0 Å². The van der Waals surface area contributed by atoms with Gasteiger partial charge in [-0.05, 0) is 30.2 Å². The van der Waals surface area contributed by atoms with E-state index in [0.717, 1.165) is 22.9 Å². The highest BCUT2D eigenvalue weighted by Crippen LogP contribution is 2.38. The zero-order valence-corrected chi connectivity index (χ0v) is 15.9. The largest absolute Gasteiger partial charge is 0.497 e. The number of ether oxygens (including phenoxy) is 3. The average Bonchev–Trinajstić information content (AvgIpc) is 3.14. The Labute approximate surface area is 158 Å². The average molecular weight is 369 g/mol. The molecule has 142 valence electrons. The van der Waals surface area contributed by atoms with Gasteiger partial charge in [0.1, 0.15) is 22.8 Å². The summed E-state index contributed by atoms with van der Waals surface area (Å²) in [5, 5.41) is 3.64. The van der Waals surface area contributed by atoms with Crippen LogP contribution in [0.4, 0.5) is 0 Å². The van der Waals surface area contributed by atoms with Crippen molar-refractivity contribution in [2.75, 3.05) is 27.9 Å². The highest BCUT2D eigenvalue weighted by molar-refractivity contribution is 6.11. The number of amides is 1. The Bertz CT molecular complexity index is 938. The molecule has 1 aromatic heterocycles. The minimum atomic E-state index is -0.168. The molecule has 27 heavy (non-hydrogen) atoms. The molecule has 0 spiro atoms. The normalized spacial score (nSPS) is 10.7. The molecule has 3 aromatic rings. The maximum atomic E-state index is 12.8. The highest BCUT2D eigenvalue weighted by Gasteiger charge is 2.20. The number of fused-ring (bicyclic) bond motifs is 1. The van der Waals surface area contributed by atoms with Gasteiger partial charge < -0.3 is 23.9 Å². The molecule has 6 nitrogen and oxygen atoms in total. The quantitative estimate of drug-likeness (QED) is 0.674. The Morgan fingerprint density at radius 3 is 2.19 bits per heavy atom. The summed E-state index contributed by atoms with van der Waals surface area (Å²) in [6, 6.07) is 9.05. The van der Waals surface area contributed by atoms with E-state index in [9.17, 15) is 4.79 Å². The van der Waals surface area contributed by atoms with Gasteiger partial charge in [-0.2, -0.15) is 0 Å². The fraction of sp³-hybridized carbons (Fsp3) is 0.286. The molecular formula is C21H23NO5. The van der Waals surface area contributed by atoms with Crippen LogP contribution in [0, 0.1) is 0 Å². The van der Waals surface area contributed by atoms with Gasteiger partial charge >= 0.3 is 0 Å². The second-order valence-electron chi connectivity index (χ2n) is 6.05. The zero-order chi connectivity index (χ0) is 19.4. The number of rotatable bonds is 7. The summed E-state index contributed by atoms with van der Waals surface area (Å²) in [6.07, 6.45) is 2.49. The summed E-state index contributed by atoms with van der Waals surface area (Å²) in [6.45, 7) is 2.60. The highest BCUT2D eigenvalue weighted by atomic mass is 16.5. The monoisotopic (exact) mass is 369 g/mol. The van der Waals surface area contributed by atoms with Crippen molar-refractivity contribution in [3.05, 3.63) is 42.2 Å². The van der Waals surface area contributed by atoms with Gasteiger partial charge in [-0.3, -0.25) is 4.79 Å². The molecular weight excluding hydrogens is 346 g/mol. The smallest absolute Gasteiger partial charge is 0.252 e. The van der Waals surface area contributed by atoms with Crippen molar-refractivity contribution in [1.29, 1.82) is 0 Å². The molecule has 6 heteroatoms. The van der Waals surface area contributed by atoms with Crippen molar-refractivity contribution >= 4 is 16.9 Å². The number of hydrogen-bond acceptors (Lipinski definition) is 5. The van der Waals surface area contributed by atoms with Crippen LogP contribution >= 0.6 is 0 Å². The molecule has 0 aliphatic heterocycles. The summed E-state index contributed by atoms with van der Waals surface area (Å²) in [5.74, 6) is 1.71. The predicted molar refractivity (Wildman–Crippen MR) is 104 cm³/mol. The van der Waals surface area contributed by atoms with E-state index in [0.29, 0.717) is 34.9 Å². The lowest BCUT2D eigenvalue weighted by atomic mass is 9.99. The van der Waals surface area contributed by atoms with Gasteiger partial charge in [-0.1, -0.05) is 6.92 Å². The molecule has 0 saturated carbocycles. The topological polar surface area (TPSA) is 69.9 Å². The molecule has 0 radical (unpaired) electrons. The van der Waals surface area contributed by atoms with Gasteiger partial charge in [0.25, 0.3) is 5.91 Å². The summed E-state index contributed by atoms with van der Waals surface area (Å²) in [5.41, 5.74) is 2.70. The standard InChI is InChI=1S/C21H23NO5/c1-5-6-22-21(23)17-10-16(26-4)11-19-20(17)18(12-27-19)13-7-14(24-2)9-15(8-13)25-3/h7-12H,5-6H2,1-4H3,(H,22,23). The molecule has 0 bridgehead atoms. The Morgan fingerprint density at radius 1 is 0.963 bits per heavy atom. The van der Waals surface area contributed by atoms with E-state index >= 15 is 0 Å². The first-order valence-corrected chi connectivity index (χ1v) is 8.72. The number of hydrogen-bond donors (Lipinski definition) is 1. The molecule has 3 rings (SSSR count). The van der Waals surface area contributed by atoms with Crippen LogP contribution in [0.5, 0.6) is 17.2 Å². The van der Waals surface area contributed by atoms with Crippen molar-refractivity contribution in [2.45, 2.75) is 13.3 Å². The van der Waals surface area contributed by atoms with Crippen molar-refractivity contribution < 1.29 is 23.4 Å². The van der Waals surface area contributed by atoms with E-state index in [-0.39, 0.29) is 5.91 Å². The fourth-order valence-corrected chi connectivity index (χ4v) is 2.95. The van der Waals surface area contributed by atoms with Crippen molar-refractivity contribution in [3.63, 3.8) is 0 Å². The lowest BCUT2D eigenvalue weighted by Gasteiger charge is -2.10. The number of carbonyl (C=O) groups is 1. The number of nitrogens with one attached hydrogen (secondary N) is 1. The Kier molecular flexibility index (Phi) is 5.54. The third-order valence-electron chi connectivity index (χ3n) is 4.33. The first-order valence-electron chi connectivity index (χ1n) is 8.72. The van der Waals surface area contributed by atoms with Crippen LogP contribution in [0.1, 0.15) is 23.7 Å². The Balaban J connectivity index is 2.21. The van der Waals surface area contributed by atoms with Gasteiger partial charge in [0.15, 0.2) is 0 Å². The summed E-state index contributed by atoms with van der Waals surface area (Å²) >= 11 is 0. The molecule has 0 fully saturated rings. The molecule has 0 aliphatic carbocycles. The van der Waals surface area contributed by atoms with E-state index < -0.39 is 0 Å². The molecule has 0 unspecified atom stereocenters. The van der Waals surface area contributed by atoms with Crippen LogP contribution in [0.2, 0.25) is 0 Å². The van der Waals surface area contributed by atoms with Crippen LogP contribution in [-0.4, -0.2) is 33.8 Å². The Morgan fingerprint density at radius 2 is 1.59 bits per heavy atom. The Hall–Kier alpha value is -3.15. The summed E-state index contributed by atoms with van der Waals surface area (Å²) in [4.78, 5) is 12.8. The van der Waals surface area contributed by atoms with Crippen molar-refractivity contribution in [1.82, 2.24) is 5.32 Å². The molecule has 0 atom stereocenters. The summed E-state index contributed by atoms with van der Waals surface area (Å²) < 4.78 is 21.8. The van der Waals surface area contributed by atoms with E-state index in [2.05, 4.69) is 5.32 Å². The van der Waals surface area contributed by atoms with E-state index in [1.54, 1.807) is 45.8 Å². The minimum Gasteiger partial charge on any atom is -0.497 e. The zero-order valence-electron chi connectivity index (χ0n) is 15.9. The first-order chi connectivity index (χ1) is 13.1. The molecule has 1 heterocycles. The predicted octanol–water partition coefficient (Wildman–Crippen LogP) is 4.27. The molecule has 0 saturated heterocycles. The number of furan rings is 1. The van der Waals surface area contributed by atoms with Crippen LogP contribution in [0.25, 0.3) is 22.1 Å². The molecule has 1 N–H and O–H groups in total. The molecule has 0 aliphatic rings. The number of benzene rings is 2. The van der Waals surface area contributed by atoms with Gasteiger partial charge in [0.05, 0.1) is 33.2 Å². The van der Waals surface area contributed by atoms with E-state index in [1.807, 2.05) is 19.1 Å². The third kappa shape index (κ3) is 3.69. The minimum absolute atomic E-state index is 0.168. The molecule has 2 aromatic carbocycles. The lowest BCUT2D eigenvalue weighted by molar-refractivity contribution is 0.0955. The SMILES string of the molecule is CCCNC(=O)c1cc(OC)cc2occ(-c3cc(OC)cc(OC)c3)c12. The van der Waals surface area contributed by atoms with E-state index in [4.69, 9.17) is 18.6 Å². The second kappa shape index (κ2) is 8.03. The molecule has 1 amide bonds. The van der Waals surface area contributed by atoms with Gasteiger partial charge in [0.2, 0.25) is 0 Å². The first kappa shape index (κ1) is 18.6. The van der Waals surface area contributed by atoms with Crippen LogP contribution in [0.15, 0.2) is 41.0 Å². The van der Waals surface area contributed by atoms with Crippen molar-refractivity contribution in [3.8, 4) is 28.4 Å². The maximum absolute atomic E-state index is 12.8. The summed E-state index contributed by atoms with van der Waals surface area (Å²) in [7, 11) is 4.76. The van der Waals surface area contributed by atoms with Crippen molar-refractivity contribution in [2.24, 2.45) is 0 Å². The van der Waals surface area contributed by atoms with Gasteiger partial charge in [-0.15, -0.1) is 0 Å². The van der Waals surface area contributed by atoms with Gasteiger partial charge in [-0.25, -0.2) is 0 Å². The van der Waals surface area contributed by atoms with Crippen LogP contribution < -0.4 is 19.5 Å². The second-order valence-corrected chi connectivity index (χ2v) is 6.05. The lowest BCUT2D eigenvalue weighted by Crippen LogP contribution is -2.24. The number of carbonyl (C=O) groups excluding carboxylic acids is 1. The maximum Gasteiger partial charge on any atom is 0.252 e. The van der Waals surface area contributed by atoms with Gasteiger partial charge in [0, 0.05) is 29.6 Å². The van der Waals surface area contributed by atoms with Crippen LogP contribution in [-0.2, 0) is 0 Å². The third-order valence-corrected chi connectivity index (χ3v) is 4.33. The fourth-order valence-electron chi connectivity index (χ4n) is 2.95. The van der Waals surface area contributed by atoms with Crippen LogP contribution in [0.3, 0.4) is 0 Å². The number of methoxy groups -OCH3 is 3.